The van der Waals surface area contributed by atoms with Crippen LogP contribution in [0.25, 0.3) is 0 Å². The summed E-state index contributed by atoms with van der Waals surface area (Å²) in [5.74, 6) is -0.237. The first-order valence-electron chi connectivity index (χ1n) is 13.9. The molecule has 0 saturated heterocycles. The monoisotopic (exact) mass is 514 g/mol. The number of halogens is 1. The van der Waals surface area contributed by atoms with Gasteiger partial charge in [-0.1, -0.05) is 99.5 Å². The largest absolute Gasteiger partial charge is 0.352 e. The maximum Gasteiger partial charge on any atom is 0.243 e. The molecule has 4 nitrogen and oxygen atoms in total. The lowest BCUT2D eigenvalue weighted by Crippen LogP contribution is -2.52. The zero-order chi connectivity index (χ0) is 26.9. The Balaban J connectivity index is 1.59. The van der Waals surface area contributed by atoms with E-state index in [9.17, 15) is 14.0 Å². The molecule has 200 valence electrons. The van der Waals surface area contributed by atoms with Gasteiger partial charge < -0.3 is 10.2 Å². The van der Waals surface area contributed by atoms with Crippen molar-refractivity contribution in [3.8, 4) is 0 Å². The summed E-state index contributed by atoms with van der Waals surface area (Å²) in [6.45, 7) is 4.36. The lowest BCUT2D eigenvalue weighted by atomic mass is 9.99. The van der Waals surface area contributed by atoms with Gasteiger partial charge in [0.2, 0.25) is 11.8 Å². The third-order valence-corrected chi connectivity index (χ3v) is 7.55. The molecule has 0 radical (unpaired) electrons. The van der Waals surface area contributed by atoms with E-state index in [1.54, 1.807) is 23.1 Å². The summed E-state index contributed by atoms with van der Waals surface area (Å²) in [7, 11) is 0. The first-order chi connectivity index (χ1) is 18.4. The van der Waals surface area contributed by atoms with Gasteiger partial charge in [-0.3, -0.25) is 9.59 Å². The van der Waals surface area contributed by atoms with E-state index in [1.807, 2.05) is 30.3 Å². The van der Waals surface area contributed by atoms with Gasteiger partial charge in [0, 0.05) is 31.0 Å². The highest BCUT2D eigenvalue weighted by molar-refractivity contribution is 5.88. The zero-order valence-corrected chi connectivity index (χ0v) is 22.5. The van der Waals surface area contributed by atoms with Gasteiger partial charge in [0.05, 0.1) is 0 Å². The van der Waals surface area contributed by atoms with Gasteiger partial charge in [-0.05, 0) is 47.9 Å². The Hall–Kier alpha value is -3.47. The Morgan fingerprint density at radius 2 is 1.55 bits per heavy atom. The second kappa shape index (κ2) is 13.4. The molecule has 0 aromatic heterocycles. The maximum atomic E-state index is 14.7. The summed E-state index contributed by atoms with van der Waals surface area (Å²) >= 11 is 0. The Morgan fingerprint density at radius 1 is 0.895 bits per heavy atom. The van der Waals surface area contributed by atoms with Crippen LogP contribution < -0.4 is 5.32 Å². The SMILES string of the molecule is CC(C)c1ccc(CCC(=O)N(Cc2ccccc2F)C(Cc2ccccc2)C(=O)NC2CCCC2)cc1. The van der Waals surface area contributed by atoms with Crippen molar-refractivity contribution >= 4 is 11.8 Å². The standard InChI is InChI=1S/C33H39FN2O2/c1-24(2)27-19-16-25(17-20-27)18-21-32(37)36(23-28-12-6-9-15-30(28)34)31(22-26-10-4-3-5-11-26)33(38)35-29-13-7-8-14-29/h3-6,9-12,15-17,19-20,24,29,31H,7-8,13-14,18,21-23H2,1-2H3,(H,35,38). The molecule has 1 atom stereocenters. The number of hydrogen-bond donors (Lipinski definition) is 1. The van der Waals surface area contributed by atoms with Crippen molar-refractivity contribution in [2.24, 2.45) is 0 Å². The van der Waals surface area contributed by atoms with Crippen molar-refractivity contribution in [3.05, 3.63) is 107 Å². The van der Waals surface area contributed by atoms with Crippen LogP contribution in [-0.2, 0) is 29.0 Å². The smallest absolute Gasteiger partial charge is 0.243 e. The summed E-state index contributed by atoms with van der Waals surface area (Å²) in [6, 6.07) is 24.0. The topological polar surface area (TPSA) is 49.4 Å². The second-order valence-electron chi connectivity index (χ2n) is 10.7. The van der Waals surface area contributed by atoms with Crippen LogP contribution in [0.5, 0.6) is 0 Å². The molecule has 1 unspecified atom stereocenters. The van der Waals surface area contributed by atoms with E-state index < -0.39 is 6.04 Å². The number of carbonyl (C=O) groups excluding carboxylic acids is 2. The Kier molecular flexibility index (Phi) is 9.69. The fourth-order valence-electron chi connectivity index (χ4n) is 5.20. The van der Waals surface area contributed by atoms with Crippen LogP contribution in [0.3, 0.4) is 0 Å². The highest BCUT2D eigenvalue weighted by Gasteiger charge is 2.32. The van der Waals surface area contributed by atoms with E-state index in [0.29, 0.717) is 24.3 Å². The molecule has 1 N–H and O–H groups in total. The predicted molar refractivity (Wildman–Crippen MR) is 150 cm³/mol. The van der Waals surface area contributed by atoms with Gasteiger partial charge in [-0.2, -0.15) is 0 Å². The summed E-state index contributed by atoms with van der Waals surface area (Å²) in [5.41, 5.74) is 3.71. The summed E-state index contributed by atoms with van der Waals surface area (Å²) in [4.78, 5) is 29.1. The Morgan fingerprint density at radius 3 is 2.21 bits per heavy atom. The van der Waals surface area contributed by atoms with Gasteiger partial charge in [-0.25, -0.2) is 4.39 Å². The molecule has 1 saturated carbocycles. The van der Waals surface area contributed by atoms with Crippen molar-refractivity contribution in [2.75, 3.05) is 0 Å². The lowest BCUT2D eigenvalue weighted by Gasteiger charge is -2.32. The van der Waals surface area contributed by atoms with E-state index >= 15 is 0 Å². The quantitative estimate of drug-likeness (QED) is 0.314. The van der Waals surface area contributed by atoms with Crippen molar-refractivity contribution in [2.45, 2.75) is 83.3 Å². The highest BCUT2D eigenvalue weighted by Crippen LogP contribution is 2.22. The van der Waals surface area contributed by atoms with Gasteiger partial charge >= 0.3 is 0 Å². The molecule has 1 aliphatic carbocycles. The molecule has 3 aromatic rings. The van der Waals surface area contributed by atoms with Gasteiger partial charge in [0.15, 0.2) is 0 Å². The predicted octanol–water partition coefficient (Wildman–Crippen LogP) is 6.58. The minimum atomic E-state index is -0.728. The highest BCUT2D eigenvalue weighted by atomic mass is 19.1. The molecular formula is C33H39FN2O2. The number of nitrogens with one attached hydrogen (secondary N) is 1. The summed E-state index contributed by atoms with van der Waals surface area (Å²) in [6.07, 6.45) is 5.30. The number of amides is 2. The molecule has 38 heavy (non-hydrogen) atoms. The lowest BCUT2D eigenvalue weighted by molar-refractivity contribution is -0.141. The van der Waals surface area contributed by atoms with Crippen LogP contribution in [0.4, 0.5) is 4.39 Å². The number of rotatable bonds is 11. The van der Waals surface area contributed by atoms with Crippen molar-refractivity contribution in [1.82, 2.24) is 10.2 Å². The fraction of sp³-hybridized carbons (Fsp3) is 0.394. The van der Waals surface area contributed by atoms with E-state index in [2.05, 4.69) is 43.4 Å². The Bertz CT molecular complexity index is 1190. The van der Waals surface area contributed by atoms with Crippen molar-refractivity contribution < 1.29 is 14.0 Å². The molecule has 5 heteroatoms. The van der Waals surface area contributed by atoms with Gasteiger partial charge in [0.25, 0.3) is 0 Å². The van der Waals surface area contributed by atoms with Crippen LogP contribution in [0.15, 0.2) is 78.9 Å². The molecule has 1 aliphatic rings. The van der Waals surface area contributed by atoms with Crippen LogP contribution >= 0.6 is 0 Å². The summed E-state index contributed by atoms with van der Waals surface area (Å²) in [5, 5.41) is 3.20. The molecule has 1 fully saturated rings. The van der Waals surface area contributed by atoms with Crippen molar-refractivity contribution in [3.63, 3.8) is 0 Å². The summed E-state index contributed by atoms with van der Waals surface area (Å²) < 4.78 is 14.7. The molecule has 0 spiro atoms. The van der Waals surface area contributed by atoms with Crippen molar-refractivity contribution in [1.29, 1.82) is 0 Å². The second-order valence-corrected chi connectivity index (χ2v) is 10.7. The van der Waals surface area contributed by atoms with E-state index in [4.69, 9.17) is 0 Å². The van der Waals surface area contributed by atoms with Crippen LogP contribution in [0, 0.1) is 5.82 Å². The average molecular weight is 515 g/mol. The Labute approximate surface area is 226 Å². The van der Waals surface area contributed by atoms with Gasteiger partial charge in [-0.15, -0.1) is 0 Å². The normalized spacial score (nSPS) is 14.4. The zero-order valence-electron chi connectivity index (χ0n) is 22.5. The maximum absolute atomic E-state index is 14.7. The number of carbonyl (C=O) groups is 2. The van der Waals surface area contributed by atoms with Crippen LogP contribution in [-0.4, -0.2) is 28.8 Å². The molecule has 4 rings (SSSR count). The minimum Gasteiger partial charge on any atom is -0.352 e. The number of nitrogens with zero attached hydrogens (tertiary/aromatic N) is 1. The number of benzene rings is 3. The average Bonchev–Trinajstić information content (AvgIpc) is 3.44. The molecule has 2 amide bonds. The minimum absolute atomic E-state index is 0.0490. The number of aryl methyl sites for hydroxylation is 1. The first-order valence-corrected chi connectivity index (χ1v) is 13.9. The number of hydrogen-bond acceptors (Lipinski definition) is 2. The van der Waals surface area contributed by atoms with E-state index in [0.717, 1.165) is 36.8 Å². The van der Waals surface area contributed by atoms with Gasteiger partial charge in [0.1, 0.15) is 11.9 Å². The molecule has 0 bridgehead atoms. The first kappa shape index (κ1) is 27.6. The van der Waals surface area contributed by atoms with E-state index in [1.165, 1.54) is 11.6 Å². The molecule has 0 heterocycles. The third-order valence-electron chi connectivity index (χ3n) is 7.55. The molecular weight excluding hydrogens is 475 g/mol. The molecule has 3 aromatic carbocycles. The van der Waals surface area contributed by atoms with Crippen LogP contribution in [0.2, 0.25) is 0 Å². The fourth-order valence-corrected chi connectivity index (χ4v) is 5.20. The van der Waals surface area contributed by atoms with E-state index in [-0.39, 0.29) is 36.6 Å². The molecule has 0 aliphatic heterocycles. The van der Waals surface area contributed by atoms with Crippen LogP contribution in [0.1, 0.15) is 74.1 Å². The third kappa shape index (κ3) is 7.53.